The van der Waals surface area contributed by atoms with Crippen LogP contribution < -0.4 is 15.4 Å². The maximum Gasteiger partial charge on any atom is 0.240 e. The Morgan fingerprint density at radius 1 is 1.43 bits per heavy atom. The monoisotopic (exact) mass is 340 g/mol. The van der Waals surface area contributed by atoms with E-state index in [4.69, 9.17) is 9.47 Å². The number of morpholine rings is 1. The normalized spacial score (nSPS) is 32.6. The molecule has 0 bridgehead atoms. The van der Waals surface area contributed by atoms with Gasteiger partial charge in [0.1, 0.15) is 11.8 Å². The zero-order valence-corrected chi connectivity index (χ0v) is 14.6. The van der Waals surface area contributed by atoms with E-state index in [2.05, 4.69) is 23.6 Å². The van der Waals surface area contributed by atoms with Crippen LogP contribution in [0, 0.1) is 0 Å². The summed E-state index contributed by atoms with van der Waals surface area (Å²) in [5, 5.41) is 6.39. The Balaban J connectivity index is 0.00000192. The van der Waals surface area contributed by atoms with E-state index in [0.29, 0.717) is 6.61 Å². The van der Waals surface area contributed by atoms with Gasteiger partial charge < -0.3 is 20.1 Å². The zero-order valence-electron chi connectivity index (χ0n) is 13.8. The van der Waals surface area contributed by atoms with Crippen molar-refractivity contribution in [3.8, 4) is 5.75 Å². The second kappa shape index (κ2) is 7.07. The first-order chi connectivity index (χ1) is 10.6. The lowest BCUT2D eigenvalue weighted by Gasteiger charge is -2.29. The van der Waals surface area contributed by atoms with E-state index in [-0.39, 0.29) is 41.9 Å². The smallest absolute Gasteiger partial charge is 0.240 e. The molecule has 0 radical (unpaired) electrons. The van der Waals surface area contributed by atoms with Gasteiger partial charge in [0.15, 0.2) is 0 Å². The molecule has 1 aromatic rings. The summed E-state index contributed by atoms with van der Waals surface area (Å²) < 4.78 is 11.0. The summed E-state index contributed by atoms with van der Waals surface area (Å²) in [5.74, 6) is 0.907. The minimum Gasteiger partial charge on any atom is -0.496 e. The number of nitrogens with one attached hydrogen (secondary N) is 2. The zero-order chi connectivity index (χ0) is 15.7. The van der Waals surface area contributed by atoms with E-state index in [1.165, 1.54) is 0 Å². The highest BCUT2D eigenvalue weighted by Gasteiger charge is 2.54. The van der Waals surface area contributed by atoms with E-state index >= 15 is 0 Å². The van der Waals surface area contributed by atoms with Crippen LogP contribution in [-0.4, -0.2) is 44.4 Å². The van der Waals surface area contributed by atoms with Crippen LogP contribution in [-0.2, 0) is 14.9 Å². The van der Waals surface area contributed by atoms with Crippen molar-refractivity contribution in [1.29, 1.82) is 0 Å². The number of methoxy groups -OCH3 is 1. The summed E-state index contributed by atoms with van der Waals surface area (Å²) in [7, 11) is 1.68. The van der Waals surface area contributed by atoms with Gasteiger partial charge in [-0.15, -0.1) is 12.4 Å². The molecule has 1 amide bonds. The van der Waals surface area contributed by atoms with Gasteiger partial charge in [-0.1, -0.05) is 25.1 Å². The van der Waals surface area contributed by atoms with Gasteiger partial charge in [0.25, 0.3) is 0 Å². The molecule has 3 rings (SSSR count). The molecule has 5 nitrogen and oxygen atoms in total. The van der Waals surface area contributed by atoms with Crippen molar-refractivity contribution in [2.45, 2.75) is 43.9 Å². The summed E-state index contributed by atoms with van der Waals surface area (Å²) >= 11 is 0. The van der Waals surface area contributed by atoms with Gasteiger partial charge in [-0.3, -0.25) is 4.79 Å². The Morgan fingerprint density at radius 3 is 2.87 bits per heavy atom. The molecule has 23 heavy (non-hydrogen) atoms. The first-order valence-electron chi connectivity index (χ1n) is 7.85. The number of para-hydroxylation sites is 1. The van der Waals surface area contributed by atoms with Gasteiger partial charge in [0.2, 0.25) is 5.91 Å². The van der Waals surface area contributed by atoms with Crippen LogP contribution in [0.4, 0.5) is 0 Å². The molecule has 6 heteroatoms. The fourth-order valence-electron chi connectivity index (χ4n) is 3.28. The van der Waals surface area contributed by atoms with Gasteiger partial charge >= 0.3 is 0 Å². The molecular weight excluding hydrogens is 316 g/mol. The van der Waals surface area contributed by atoms with E-state index in [9.17, 15) is 4.79 Å². The quantitative estimate of drug-likeness (QED) is 0.875. The number of halogens is 1. The first kappa shape index (κ1) is 18.0. The number of carbonyl (C=O) groups excluding carboxylic acids is 1. The van der Waals surface area contributed by atoms with Crippen LogP contribution in [0.5, 0.6) is 5.75 Å². The molecule has 1 aliphatic heterocycles. The maximum absolute atomic E-state index is 12.4. The van der Waals surface area contributed by atoms with Gasteiger partial charge in [0, 0.05) is 23.6 Å². The third-order valence-corrected chi connectivity index (χ3v) is 4.87. The maximum atomic E-state index is 12.4. The topological polar surface area (TPSA) is 59.6 Å². The average Bonchev–Trinajstić information content (AvgIpc) is 3.18. The third-order valence-electron chi connectivity index (χ3n) is 4.87. The Kier molecular flexibility index (Phi) is 5.55. The lowest BCUT2D eigenvalue weighted by molar-refractivity contribution is -0.129. The number of benzene rings is 1. The van der Waals surface area contributed by atoms with Gasteiger partial charge in [-0.25, -0.2) is 0 Å². The highest BCUT2D eigenvalue weighted by atomic mass is 35.5. The van der Waals surface area contributed by atoms with Crippen molar-refractivity contribution in [2.75, 3.05) is 20.3 Å². The minimum absolute atomic E-state index is 0. The molecule has 2 aliphatic rings. The molecule has 1 aromatic carbocycles. The molecule has 2 N–H and O–H groups in total. The van der Waals surface area contributed by atoms with Crippen molar-refractivity contribution >= 4 is 18.3 Å². The molecule has 1 saturated carbocycles. The molecule has 1 saturated heterocycles. The number of hydrogen-bond donors (Lipinski definition) is 2. The molecular formula is C17H25ClN2O3. The summed E-state index contributed by atoms with van der Waals surface area (Å²) in [4.78, 5) is 12.4. The standard InChI is InChI=1S/C17H24N2O3.ClH/c1-11-15(18-8-9-22-11)16(20)19-14-10-17(14,2)12-6-4-5-7-13(12)21-3;/h4-7,11,14-15,18H,8-10H2,1-3H3,(H,19,20);1H/t11-,14?,15+,17?;/m1./s1. The van der Waals surface area contributed by atoms with E-state index < -0.39 is 0 Å². The largest absolute Gasteiger partial charge is 0.496 e. The second-order valence-electron chi connectivity index (χ2n) is 6.39. The van der Waals surface area contributed by atoms with Crippen LogP contribution in [0.3, 0.4) is 0 Å². The van der Waals surface area contributed by atoms with E-state index in [1.54, 1.807) is 7.11 Å². The Hall–Kier alpha value is -1.30. The highest BCUT2D eigenvalue weighted by Crippen LogP contribution is 2.51. The molecule has 0 spiro atoms. The van der Waals surface area contributed by atoms with Crippen LogP contribution in [0.1, 0.15) is 25.8 Å². The van der Waals surface area contributed by atoms with Gasteiger partial charge in [0.05, 0.1) is 19.8 Å². The van der Waals surface area contributed by atoms with Crippen molar-refractivity contribution in [1.82, 2.24) is 10.6 Å². The lowest BCUT2D eigenvalue weighted by atomic mass is 9.96. The van der Waals surface area contributed by atoms with Crippen molar-refractivity contribution < 1.29 is 14.3 Å². The highest BCUT2D eigenvalue weighted by molar-refractivity contribution is 5.85. The van der Waals surface area contributed by atoms with Crippen LogP contribution in [0.2, 0.25) is 0 Å². The van der Waals surface area contributed by atoms with Crippen LogP contribution >= 0.6 is 12.4 Å². The molecule has 4 atom stereocenters. The Morgan fingerprint density at radius 2 is 2.17 bits per heavy atom. The lowest BCUT2D eigenvalue weighted by Crippen LogP contribution is -2.56. The molecule has 1 aliphatic carbocycles. The predicted molar refractivity (Wildman–Crippen MR) is 91.3 cm³/mol. The number of amides is 1. The van der Waals surface area contributed by atoms with Crippen LogP contribution in [0.15, 0.2) is 24.3 Å². The summed E-state index contributed by atoms with van der Waals surface area (Å²) in [5.41, 5.74) is 1.10. The first-order valence-corrected chi connectivity index (χ1v) is 7.85. The van der Waals surface area contributed by atoms with Crippen molar-refractivity contribution in [3.63, 3.8) is 0 Å². The molecule has 0 aromatic heterocycles. The fourth-order valence-corrected chi connectivity index (χ4v) is 3.28. The molecule has 2 fully saturated rings. The molecule has 128 valence electrons. The minimum atomic E-state index is -0.267. The number of ether oxygens (including phenoxy) is 2. The third kappa shape index (κ3) is 3.47. The van der Waals surface area contributed by atoms with Gasteiger partial charge in [-0.05, 0) is 19.4 Å². The molecule has 1 heterocycles. The van der Waals surface area contributed by atoms with Crippen LogP contribution in [0.25, 0.3) is 0 Å². The van der Waals surface area contributed by atoms with E-state index in [0.717, 1.165) is 24.3 Å². The Labute approximate surface area is 143 Å². The van der Waals surface area contributed by atoms with Gasteiger partial charge in [-0.2, -0.15) is 0 Å². The van der Waals surface area contributed by atoms with Crippen molar-refractivity contribution in [2.24, 2.45) is 0 Å². The summed E-state index contributed by atoms with van der Waals surface area (Å²) in [6, 6.07) is 7.90. The average molecular weight is 341 g/mol. The predicted octanol–water partition coefficient (Wildman–Crippen LogP) is 1.64. The number of carbonyl (C=O) groups is 1. The van der Waals surface area contributed by atoms with Crippen molar-refractivity contribution in [3.05, 3.63) is 29.8 Å². The summed E-state index contributed by atoms with van der Waals surface area (Å²) in [6.45, 7) is 5.48. The number of rotatable bonds is 4. The SMILES string of the molecule is COc1ccccc1C1(C)CC1NC(=O)[C@H]1NCCO[C@@H]1C.Cl. The Bertz CT molecular complexity index is 569. The number of hydrogen-bond acceptors (Lipinski definition) is 4. The fraction of sp³-hybridized carbons (Fsp3) is 0.588. The second-order valence-corrected chi connectivity index (χ2v) is 6.39. The molecule has 2 unspecified atom stereocenters. The summed E-state index contributed by atoms with van der Waals surface area (Å²) in [6.07, 6.45) is 0.839. The van der Waals surface area contributed by atoms with E-state index in [1.807, 2.05) is 25.1 Å².